The van der Waals surface area contributed by atoms with E-state index in [9.17, 15) is 9.18 Å². The molecule has 0 atom stereocenters. The number of imidazole rings is 1. The average Bonchev–Trinajstić information content (AvgIpc) is 3.43. The van der Waals surface area contributed by atoms with Gasteiger partial charge in [0.05, 0.1) is 0 Å². The molecule has 1 aliphatic heterocycles. The summed E-state index contributed by atoms with van der Waals surface area (Å²) in [6.45, 7) is 4.97. The van der Waals surface area contributed by atoms with Crippen molar-refractivity contribution in [2.24, 2.45) is 0 Å². The monoisotopic (exact) mass is 416 g/mol. The van der Waals surface area contributed by atoms with Gasteiger partial charge < -0.3 is 15.0 Å². The number of aromatic nitrogens is 2. The second-order valence-corrected chi connectivity index (χ2v) is 8.20. The lowest BCUT2D eigenvalue weighted by Crippen LogP contribution is -2.27. The summed E-state index contributed by atoms with van der Waals surface area (Å²) in [6, 6.07) is 6.33. The molecule has 2 aromatic heterocycles. The van der Waals surface area contributed by atoms with Crippen molar-refractivity contribution in [3.05, 3.63) is 40.7 Å². The number of likely N-dealkylation sites (tertiary alicyclic amines) is 1. The smallest absolute Gasteiger partial charge is 0.265 e. The molecule has 29 heavy (non-hydrogen) atoms. The van der Waals surface area contributed by atoms with Crippen molar-refractivity contribution in [1.29, 1.82) is 0 Å². The Balaban J connectivity index is 1.74. The minimum atomic E-state index is -0.279. The number of nitrogens with zero attached hydrogens (tertiary/aromatic N) is 3. The Morgan fingerprint density at radius 3 is 2.69 bits per heavy atom. The summed E-state index contributed by atoms with van der Waals surface area (Å²) in [7, 11) is 1.68. The normalized spacial score (nSPS) is 14.1. The van der Waals surface area contributed by atoms with Gasteiger partial charge in [0.15, 0.2) is 4.96 Å². The molecule has 0 spiro atoms. The number of aryl methyl sites for hydroxylation is 1. The predicted molar refractivity (Wildman–Crippen MR) is 113 cm³/mol. The average molecular weight is 417 g/mol. The minimum Gasteiger partial charge on any atom is -0.385 e. The van der Waals surface area contributed by atoms with Gasteiger partial charge in [0.2, 0.25) is 0 Å². The molecule has 0 saturated carbocycles. The van der Waals surface area contributed by atoms with Gasteiger partial charge in [-0.05, 0) is 50.5 Å². The summed E-state index contributed by atoms with van der Waals surface area (Å²) in [6.07, 6.45) is 2.97. The molecule has 0 unspecified atom stereocenters. The van der Waals surface area contributed by atoms with Crippen LogP contribution < -0.4 is 5.32 Å². The molecule has 1 aromatic carbocycles. The highest BCUT2D eigenvalue weighted by Gasteiger charge is 2.27. The van der Waals surface area contributed by atoms with Crippen LogP contribution in [0, 0.1) is 12.7 Å². The number of halogens is 1. The molecule has 1 saturated heterocycles. The molecule has 4 rings (SSSR count). The standard InChI is InChI=1S/C21H25FN4O2S/c1-14-18(20(27)25-11-3-4-12-25)29-21-24-17(15-6-8-16(22)9-7-15)19(26(14)21)23-10-5-13-28-2/h6-9,23H,3-5,10-13H2,1-2H3. The van der Waals surface area contributed by atoms with Gasteiger partial charge in [0.25, 0.3) is 5.91 Å². The number of carbonyl (C=O) groups is 1. The van der Waals surface area contributed by atoms with E-state index >= 15 is 0 Å². The third-order valence-electron chi connectivity index (χ3n) is 5.23. The van der Waals surface area contributed by atoms with E-state index in [1.807, 2.05) is 16.2 Å². The van der Waals surface area contributed by atoms with Gasteiger partial charge in [-0.2, -0.15) is 0 Å². The number of ether oxygens (including phenoxy) is 1. The van der Waals surface area contributed by atoms with Crippen LogP contribution in [0.5, 0.6) is 0 Å². The fourth-order valence-electron chi connectivity index (χ4n) is 3.70. The van der Waals surface area contributed by atoms with Gasteiger partial charge in [-0.1, -0.05) is 11.3 Å². The predicted octanol–water partition coefficient (Wildman–Crippen LogP) is 4.19. The summed E-state index contributed by atoms with van der Waals surface area (Å²) >= 11 is 1.42. The van der Waals surface area contributed by atoms with Gasteiger partial charge in [-0.25, -0.2) is 9.37 Å². The molecule has 0 aliphatic carbocycles. The largest absolute Gasteiger partial charge is 0.385 e. The molecule has 6 nitrogen and oxygen atoms in total. The lowest BCUT2D eigenvalue weighted by Gasteiger charge is -2.14. The summed E-state index contributed by atoms with van der Waals surface area (Å²) in [5, 5.41) is 3.46. The second kappa shape index (κ2) is 8.51. The fourth-order valence-corrected chi connectivity index (χ4v) is 4.80. The van der Waals surface area contributed by atoms with Gasteiger partial charge in [-0.3, -0.25) is 9.20 Å². The number of hydrogen-bond donors (Lipinski definition) is 1. The Hall–Kier alpha value is -2.45. The van der Waals surface area contributed by atoms with Crippen LogP contribution in [0.3, 0.4) is 0 Å². The molecule has 1 fully saturated rings. The molecule has 1 amide bonds. The van der Waals surface area contributed by atoms with Crippen LogP contribution in [0.1, 0.15) is 34.6 Å². The highest BCUT2D eigenvalue weighted by molar-refractivity contribution is 7.19. The first-order valence-electron chi connectivity index (χ1n) is 9.90. The zero-order valence-corrected chi connectivity index (χ0v) is 17.5. The summed E-state index contributed by atoms with van der Waals surface area (Å²) in [5.74, 6) is 0.639. The maximum Gasteiger partial charge on any atom is 0.265 e. The summed E-state index contributed by atoms with van der Waals surface area (Å²) < 4.78 is 20.5. The van der Waals surface area contributed by atoms with Crippen molar-refractivity contribution in [1.82, 2.24) is 14.3 Å². The number of fused-ring (bicyclic) bond motifs is 1. The number of hydrogen-bond acceptors (Lipinski definition) is 5. The molecule has 3 heterocycles. The number of anilines is 1. The molecule has 3 aromatic rings. The van der Waals surface area contributed by atoms with Crippen molar-refractivity contribution >= 4 is 28.0 Å². The van der Waals surface area contributed by atoms with Crippen LogP contribution in [0.2, 0.25) is 0 Å². The molecule has 0 radical (unpaired) electrons. The van der Waals surface area contributed by atoms with E-state index in [2.05, 4.69) is 5.32 Å². The van der Waals surface area contributed by atoms with Crippen molar-refractivity contribution in [3.63, 3.8) is 0 Å². The van der Waals surface area contributed by atoms with Gasteiger partial charge >= 0.3 is 0 Å². The lowest BCUT2D eigenvalue weighted by atomic mass is 10.1. The fraction of sp³-hybridized carbons (Fsp3) is 0.429. The van der Waals surface area contributed by atoms with Crippen LogP contribution in [0.4, 0.5) is 10.2 Å². The van der Waals surface area contributed by atoms with Gasteiger partial charge in [-0.15, -0.1) is 0 Å². The molecule has 8 heteroatoms. The van der Waals surface area contributed by atoms with Crippen molar-refractivity contribution in [2.75, 3.05) is 38.7 Å². The molecule has 0 bridgehead atoms. The first-order valence-corrected chi connectivity index (χ1v) is 10.7. The van der Waals surface area contributed by atoms with Crippen LogP contribution in [-0.4, -0.2) is 53.5 Å². The Bertz CT molecular complexity index is 1010. The minimum absolute atomic E-state index is 0.0872. The summed E-state index contributed by atoms with van der Waals surface area (Å²) in [5.41, 5.74) is 2.48. The molecule has 1 aliphatic rings. The Labute approximate surface area is 173 Å². The number of amides is 1. The highest BCUT2D eigenvalue weighted by atomic mass is 32.1. The van der Waals surface area contributed by atoms with E-state index in [4.69, 9.17) is 9.72 Å². The van der Waals surface area contributed by atoms with E-state index in [-0.39, 0.29) is 11.7 Å². The quantitative estimate of drug-likeness (QED) is 0.587. The van der Waals surface area contributed by atoms with Crippen LogP contribution in [0.25, 0.3) is 16.2 Å². The third kappa shape index (κ3) is 3.86. The zero-order chi connectivity index (χ0) is 20.4. The molecule has 1 N–H and O–H groups in total. The van der Waals surface area contributed by atoms with Crippen LogP contribution in [-0.2, 0) is 4.74 Å². The van der Waals surface area contributed by atoms with Crippen molar-refractivity contribution in [2.45, 2.75) is 26.2 Å². The molecule has 154 valence electrons. The SMILES string of the molecule is COCCCNc1c(-c2ccc(F)cc2)nc2sc(C(=O)N3CCCC3)c(C)n12. The number of nitrogens with one attached hydrogen (secondary N) is 1. The number of thiazole rings is 1. The number of rotatable bonds is 7. The van der Waals surface area contributed by atoms with Crippen molar-refractivity contribution < 1.29 is 13.9 Å². The van der Waals surface area contributed by atoms with E-state index in [1.165, 1.54) is 23.5 Å². The molecular weight excluding hydrogens is 391 g/mol. The maximum absolute atomic E-state index is 13.4. The third-order valence-corrected chi connectivity index (χ3v) is 6.36. The Morgan fingerprint density at radius 1 is 1.28 bits per heavy atom. The Morgan fingerprint density at radius 2 is 2.00 bits per heavy atom. The van der Waals surface area contributed by atoms with E-state index in [1.54, 1.807) is 19.2 Å². The summed E-state index contributed by atoms with van der Waals surface area (Å²) in [4.78, 5) is 21.2. The van der Waals surface area contributed by atoms with Gasteiger partial charge in [0.1, 0.15) is 22.2 Å². The first kappa shape index (κ1) is 19.8. The first-order chi connectivity index (χ1) is 14.1. The molecular formula is C21H25FN4O2S. The highest BCUT2D eigenvalue weighted by Crippen LogP contribution is 2.35. The van der Waals surface area contributed by atoms with Crippen LogP contribution >= 0.6 is 11.3 Å². The Kier molecular flexibility index (Phi) is 5.82. The van der Waals surface area contributed by atoms with Crippen molar-refractivity contribution in [3.8, 4) is 11.3 Å². The second-order valence-electron chi connectivity index (χ2n) is 7.22. The number of carbonyl (C=O) groups excluding carboxylic acids is 1. The number of methoxy groups -OCH3 is 1. The zero-order valence-electron chi connectivity index (χ0n) is 16.7. The topological polar surface area (TPSA) is 58.9 Å². The lowest BCUT2D eigenvalue weighted by molar-refractivity contribution is 0.0796. The number of benzene rings is 1. The van der Waals surface area contributed by atoms with E-state index in [0.717, 1.165) is 65.0 Å². The van der Waals surface area contributed by atoms with Gasteiger partial charge in [0, 0.05) is 44.6 Å². The maximum atomic E-state index is 13.4. The van der Waals surface area contributed by atoms with E-state index < -0.39 is 0 Å². The van der Waals surface area contributed by atoms with E-state index in [0.29, 0.717) is 13.2 Å². The van der Waals surface area contributed by atoms with Crippen LogP contribution in [0.15, 0.2) is 24.3 Å².